The molecule has 114 valence electrons. The summed E-state index contributed by atoms with van der Waals surface area (Å²) in [5.41, 5.74) is 2.71. The number of amides is 1. The molecule has 4 nitrogen and oxygen atoms in total. The molecule has 2 aromatic carbocycles. The van der Waals surface area contributed by atoms with Crippen LogP contribution >= 0.6 is 0 Å². The second-order valence-electron chi connectivity index (χ2n) is 4.72. The van der Waals surface area contributed by atoms with Crippen molar-refractivity contribution in [3.05, 3.63) is 77.5 Å². The molecule has 0 aliphatic rings. The summed E-state index contributed by atoms with van der Waals surface area (Å²) >= 11 is 0. The second kappa shape index (κ2) is 6.31. The lowest BCUT2D eigenvalue weighted by atomic mass is 10.2. The van der Waals surface area contributed by atoms with Crippen LogP contribution in [0.15, 0.2) is 59.7 Å². The van der Waals surface area contributed by atoms with Gasteiger partial charge in [-0.2, -0.15) is 5.10 Å². The third-order valence-electron chi connectivity index (χ3n) is 3.19. The molecule has 3 aromatic rings. The molecule has 0 saturated carbocycles. The highest BCUT2D eigenvalue weighted by Gasteiger charge is 2.08. The van der Waals surface area contributed by atoms with Crippen LogP contribution in [0, 0.1) is 11.6 Å². The lowest BCUT2D eigenvalue weighted by Crippen LogP contribution is -2.19. The Morgan fingerprint density at radius 1 is 1.00 bits per heavy atom. The minimum atomic E-state index is -0.758. The maximum Gasteiger partial charge on any atom is 0.289 e. The van der Waals surface area contributed by atoms with E-state index in [4.69, 9.17) is 0 Å². The Kier molecular flexibility index (Phi) is 4.05. The smallest absolute Gasteiger partial charge is 0.266 e. The molecular weight excluding hydrogens is 300 g/mol. The highest BCUT2D eigenvalue weighted by Crippen LogP contribution is 2.12. The van der Waals surface area contributed by atoms with E-state index in [1.807, 2.05) is 18.2 Å². The molecule has 0 saturated heterocycles. The van der Waals surface area contributed by atoms with E-state index in [1.54, 1.807) is 18.2 Å². The Hall–Kier alpha value is -3.15. The number of hydrazone groups is 1. The molecule has 0 aliphatic carbocycles. The van der Waals surface area contributed by atoms with E-state index in [2.05, 4.69) is 15.5 Å². The Bertz CT molecular complexity index is 889. The van der Waals surface area contributed by atoms with Gasteiger partial charge in [0.05, 0.1) is 17.3 Å². The van der Waals surface area contributed by atoms with Gasteiger partial charge in [0, 0.05) is 5.39 Å². The van der Waals surface area contributed by atoms with Crippen molar-refractivity contribution in [3.63, 3.8) is 0 Å². The number of rotatable bonds is 3. The molecule has 3 rings (SSSR count). The average molecular weight is 311 g/mol. The van der Waals surface area contributed by atoms with Crippen LogP contribution in [-0.2, 0) is 0 Å². The summed E-state index contributed by atoms with van der Waals surface area (Å²) in [6, 6.07) is 14.1. The molecule has 0 unspecified atom stereocenters. The van der Waals surface area contributed by atoms with Crippen LogP contribution in [0.1, 0.15) is 16.1 Å². The van der Waals surface area contributed by atoms with Gasteiger partial charge in [-0.3, -0.25) is 4.79 Å². The Morgan fingerprint density at radius 2 is 1.74 bits per heavy atom. The SMILES string of the molecule is O=C(NN=Cc1c(F)cccc1F)c1ccc2ccccc2n1. The van der Waals surface area contributed by atoms with Crippen molar-refractivity contribution < 1.29 is 13.6 Å². The summed E-state index contributed by atoms with van der Waals surface area (Å²) in [6.07, 6.45) is 0.920. The summed E-state index contributed by atoms with van der Waals surface area (Å²) < 4.78 is 26.8. The van der Waals surface area contributed by atoms with Gasteiger partial charge in [0.1, 0.15) is 17.3 Å². The predicted molar refractivity (Wildman–Crippen MR) is 83.2 cm³/mol. The van der Waals surface area contributed by atoms with Crippen LogP contribution in [0.25, 0.3) is 10.9 Å². The van der Waals surface area contributed by atoms with Crippen LogP contribution < -0.4 is 5.43 Å². The first kappa shape index (κ1) is 14.8. The number of aromatic nitrogens is 1. The number of nitrogens with one attached hydrogen (secondary N) is 1. The second-order valence-corrected chi connectivity index (χ2v) is 4.72. The Labute approximate surface area is 130 Å². The summed E-state index contributed by atoms with van der Waals surface area (Å²) in [5, 5.41) is 4.48. The minimum absolute atomic E-state index is 0.162. The number of benzene rings is 2. The molecule has 1 aromatic heterocycles. The van der Waals surface area contributed by atoms with Gasteiger partial charge in [-0.25, -0.2) is 19.2 Å². The summed E-state index contributed by atoms with van der Waals surface area (Å²) in [6.45, 7) is 0. The van der Waals surface area contributed by atoms with E-state index < -0.39 is 17.5 Å². The molecule has 1 amide bonds. The third-order valence-corrected chi connectivity index (χ3v) is 3.19. The number of carbonyl (C=O) groups is 1. The van der Waals surface area contributed by atoms with Crippen molar-refractivity contribution in [2.24, 2.45) is 5.10 Å². The normalized spacial score (nSPS) is 11.0. The van der Waals surface area contributed by atoms with Crippen LogP contribution in [0.4, 0.5) is 8.78 Å². The first-order chi connectivity index (χ1) is 11.1. The van der Waals surface area contributed by atoms with Gasteiger partial charge in [0.25, 0.3) is 5.91 Å². The molecule has 0 fully saturated rings. The molecule has 0 atom stereocenters. The minimum Gasteiger partial charge on any atom is -0.266 e. The van der Waals surface area contributed by atoms with Crippen molar-refractivity contribution in [1.29, 1.82) is 0 Å². The van der Waals surface area contributed by atoms with Gasteiger partial charge in [-0.05, 0) is 24.3 Å². The summed E-state index contributed by atoms with van der Waals surface area (Å²) in [7, 11) is 0. The maximum atomic E-state index is 13.4. The van der Waals surface area contributed by atoms with Crippen LogP contribution in [0.2, 0.25) is 0 Å². The Balaban J connectivity index is 1.77. The van der Waals surface area contributed by atoms with E-state index in [9.17, 15) is 13.6 Å². The zero-order valence-corrected chi connectivity index (χ0v) is 11.8. The highest BCUT2D eigenvalue weighted by atomic mass is 19.1. The third kappa shape index (κ3) is 3.21. The van der Waals surface area contributed by atoms with Crippen LogP contribution in [-0.4, -0.2) is 17.1 Å². The number of fused-ring (bicyclic) bond motifs is 1. The fraction of sp³-hybridized carbons (Fsp3) is 0. The molecule has 23 heavy (non-hydrogen) atoms. The van der Waals surface area contributed by atoms with Crippen molar-refractivity contribution in [2.45, 2.75) is 0 Å². The Morgan fingerprint density at radius 3 is 2.52 bits per heavy atom. The zero-order chi connectivity index (χ0) is 16.2. The van der Waals surface area contributed by atoms with E-state index in [1.165, 1.54) is 6.07 Å². The van der Waals surface area contributed by atoms with E-state index in [-0.39, 0.29) is 11.3 Å². The van der Waals surface area contributed by atoms with E-state index in [0.717, 1.165) is 23.7 Å². The molecule has 1 N–H and O–H groups in total. The molecule has 0 bridgehead atoms. The highest BCUT2D eigenvalue weighted by molar-refractivity contribution is 5.95. The van der Waals surface area contributed by atoms with Gasteiger partial charge in [0.15, 0.2) is 0 Å². The van der Waals surface area contributed by atoms with Gasteiger partial charge in [-0.1, -0.05) is 30.3 Å². The monoisotopic (exact) mass is 311 g/mol. The number of hydrogen-bond donors (Lipinski definition) is 1. The summed E-state index contributed by atoms with van der Waals surface area (Å²) in [4.78, 5) is 16.2. The van der Waals surface area contributed by atoms with E-state index in [0.29, 0.717) is 5.52 Å². The number of para-hydroxylation sites is 1. The van der Waals surface area contributed by atoms with Gasteiger partial charge >= 0.3 is 0 Å². The zero-order valence-electron chi connectivity index (χ0n) is 11.8. The van der Waals surface area contributed by atoms with Crippen molar-refractivity contribution in [1.82, 2.24) is 10.4 Å². The largest absolute Gasteiger partial charge is 0.289 e. The fourth-order valence-electron chi connectivity index (χ4n) is 2.04. The van der Waals surface area contributed by atoms with Crippen LogP contribution in [0.3, 0.4) is 0 Å². The fourth-order valence-corrected chi connectivity index (χ4v) is 2.04. The number of carbonyl (C=O) groups excluding carboxylic acids is 1. The number of pyridine rings is 1. The first-order valence-corrected chi connectivity index (χ1v) is 6.78. The predicted octanol–water partition coefficient (Wildman–Crippen LogP) is 3.28. The molecule has 0 spiro atoms. The summed E-state index contributed by atoms with van der Waals surface area (Å²) in [5.74, 6) is -2.08. The van der Waals surface area contributed by atoms with Crippen molar-refractivity contribution >= 4 is 23.0 Å². The molecule has 0 radical (unpaired) electrons. The first-order valence-electron chi connectivity index (χ1n) is 6.78. The van der Waals surface area contributed by atoms with Gasteiger partial charge in [0.2, 0.25) is 0 Å². The number of nitrogens with zero attached hydrogens (tertiary/aromatic N) is 2. The topological polar surface area (TPSA) is 54.4 Å². The maximum absolute atomic E-state index is 13.4. The molecule has 0 aliphatic heterocycles. The number of hydrogen-bond acceptors (Lipinski definition) is 3. The van der Waals surface area contributed by atoms with Crippen LogP contribution in [0.5, 0.6) is 0 Å². The van der Waals surface area contributed by atoms with Crippen molar-refractivity contribution in [2.75, 3.05) is 0 Å². The molecular formula is C17H11F2N3O. The van der Waals surface area contributed by atoms with Gasteiger partial charge < -0.3 is 0 Å². The molecule has 1 heterocycles. The molecule has 6 heteroatoms. The standard InChI is InChI=1S/C17H11F2N3O/c18-13-5-3-6-14(19)12(13)10-20-22-17(23)16-9-8-11-4-1-2-7-15(11)21-16/h1-10H,(H,22,23). The lowest BCUT2D eigenvalue weighted by molar-refractivity contribution is 0.0950. The average Bonchev–Trinajstić information content (AvgIpc) is 2.57. The quantitative estimate of drug-likeness (QED) is 0.596. The van der Waals surface area contributed by atoms with E-state index >= 15 is 0 Å². The number of halogens is 2. The van der Waals surface area contributed by atoms with Crippen molar-refractivity contribution in [3.8, 4) is 0 Å². The van der Waals surface area contributed by atoms with Gasteiger partial charge in [-0.15, -0.1) is 0 Å². The lowest BCUT2D eigenvalue weighted by Gasteiger charge is -2.02.